The summed E-state index contributed by atoms with van der Waals surface area (Å²) in [6.07, 6.45) is -4.77. The Hall–Kier alpha value is -2.75. The molecule has 1 aromatic heterocycles. The van der Waals surface area contributed by atoms with Crippen LogP contribution in [0, 0.1) is 18.3 Å². The molecule has 22 heavy (non-hydrogen) atoms. The van der Waals surface area contributed by atoms with Crippen LogP contribution in [-0.4, -0.2) is 17.2 Å². The van der Waals surface area contributed by atoms with Crippen molar-refractivity contribution in [3.8, 4) is 28.8 Å². The van der Waals surface area contributed by atoms with Crippen LogP contribution in [0.4, 0.5) is 13.2 Å². The van der Waals surface area contributed by atoms with Crippen molar-refractivity contribution in [2.45, 2.75) is 13.1 Å². The topological polar surface area (TPSA) is 66.1 Å². The van der Waals surface area contributed by atoms with E-state index in [4.69, 9.17) is 10.00 Å². The van der Waals surface area contributed by atoms with Gasteiger partial charge in [0.1, 0.15) is 5.75 Å². The van der Waals surface area contributed by atoms with Crippen LogP contribution in [0.25, 0.3) is 11.1 Å². The first-order valence-corrected chi connectivity index (χ1v) is 6.13. The van der Waals surface area contributed by atoms with Crippen molar-refractivity contribution in [1.82, 2.24) is 4.98 Å². The third-order valence-electron chi connectivity index (χ3n) is 2.99. The molecule has 0 aliphatic rings. The fraction of sp³-hybridized carbons (Fsp3) is 0.200. The lowest BCUT2D eigenvalue weighted by Gasteiger charge is -2.14. The molecule has 0 saturated carbocycles. The lowest BCUT2D eigenvalue weighted by Crippen LogP contribution is -2.06. The first-order chi connectivity index (χ1) is 10.3. The summed E-state index contributed by atoms with van der Waals surface area (Å²) in [6.45, 7) is 1.64. The highest BCUT2D eigenvalue weighted by Gasteiger charge is 2.35. The predicted octanol–water partition coefficient (Wildman–Crippen LogP) is 3.66. The average Bonchev–Trinajstić information content (AvgIpc) is 2.45. The molecule has 0 radical (unpaired) electrons. The number of nitriles is 1. The van der Waals surface area contributed by atoms with Gasteiger partial charge in [0.05, 0.1) is 24.3 Å². The molecule has 2 rings (SSSR count). The van der Waals surface area contributed by atoms with Gasteiger partial charge in [0.25, 0.3) is 0 Å². The summed E-state index contributed by atoms with van der Waals surface area (Å²) >= 11 is 0. The van der Waals surface area contributed by atoms with E-state index in [1.807, 2.05) is 0 Å². The summed E-state index contributed by atoms with van der Waals surface area (Å²) < 4.78 is 43.9. The standard InChI is InChI=1S/C15H11F3N2O2/c1-8-3-10(6-13(20-8)22-2)11-4-9(7-19)5-12(14(11)21)15(16,17)18/h3-6,21H,1-2H3. The molecule has 0 amide bonds. The van der Waals surface area contributed by atoms with Gasteiger partial charge in [0.15, 0.2) is 0 Å². The average molecular weight is 308 g/mol. The van der Waals surface area contributed by atoms with Gasteiger partial charge in [-0.05, 0) is 30.7 Å². The first-order valence-electron chi connectivity index (χ1n) is 6.13. The number of halogens is 3. The summed E-state index contributed by atoms with van der Waals surface area (Å²) in [5.41, 5.74) is -0.771. The predicted molar refractivity (Wildman–Crippen MR) is 72.3 cm³/mol. The van der Waals surface area contributed by atoms with Gasteiger partial charge in [0.2, 0.25) is 5.88 Å². The Morgan fingerprint density at radius 3 is 2.45 bits per heavy atom. The van der Waals surface area contributed by atoms with Crippen LogP contribution in [0.2, 0.25) is 0 Å². The van der Waals surface area contributed by atoms with Crippen molar-refractivity contribution in [2.24, 2.45) is 0 Å². The first kappa shape index (κ1) is 15.6. The number of hydrogen-bond donors (Lipinski definition) is 1. The van der Waals surface area contributed by atoms with E-state index in [0.29, 0.717) is 11.8 Å². The number of ether oxygens (including phenoxy) is 1. The summed E-state index contributed by atoms with van der Waals surface area (Å²) in [5.74, 6) is -0.732. The zero-order chi connectivity index (χ0) is 16.5. The van der Waals surface area contributed by atoms with Crippen LogP contribution in [0.15, 0.2) is 24.3 Å². The van der Waals surface area contributed by atoms with Gasteiger partial charge in [-0.15, -0.1) is 0 Å². The van der Waals surface area contributed by atoms with E-state index in [9.17, 15) is 18.3 Å². The van der Waals surface area contributed by atoms with Crippen LogP contribution in [0.1, 0.15) is 16.8 Å². The molecule has 1 N–H and O–H groups in total. The van der Waals surface area contributed by atoms with Gasteiger partial charge in [-0.25, -0.2) is 4.98 Å². The third-order valence-corrected chi connectivity index (χ3v) is 2.99. The van der Waals surface area contributed by atoms with E-state index in [1.165, 1.54) is 25.3 Å². The fourth-order valence-electron chi connectivity index (χ4n) is 2.03. The Labute approximate surface area is 124 Å². The van der Waals surface area contributed by atoms with Crippen molar-refractivity contribution >= 4 is 0 Å². The Balaban J connectivity index is 2.76. The minimum Gasteiger partial charge on any atom is -0.507 e. The zero-order valence-corrected chi connectivity index (χ0v) is 11.7. The van der Waals surface area contributed by atoms with E-state index in [2.05, 4.69) is 4.98 Å². The lowest BCUT2D eigenvalue weighted by molar-refractivity contribution is -0.138. The molecule has 1 aromatic carbocycles. The maximum Gasteiger partial charge on any atom is 0.420 e. The summed E-state index contributed by atoms with van der Waals surface area (Å²) in [7, 11) is 1.37. The minimum absolute atomic E-state index is 0.102. The Bertz CT molecular complexity index is 765. The van der Waals surface area contributed by atoms with Gasteiger partial charge in [-0.1, -0.05) is 0 Å². The van der Waals surface area contributed by atoms with Gasteiger partial charge in [0, 0.05) is 17.3 Å². The number of aromatic nitrogens is 1. The Morgan fingerprint density at radius 2 is 1.91 bits per heavy atom. The summed E-state index contributed by atoms with van der Waals surface area (Å²) in [4.78, 5) is 4.03. The van der Waals surface area contributed by atoms with Gasteiger partial charge >= 0.3 is 6.18 Å². The number of rotatable bonds is 2. The molecule has 0 fully saturated rings. The molecular formula is C15H11F3N2O2. The molecule has 0 spiro atoms. The zero-order valence-electron chi connectivity index (χ0n) is 11.7. The largest absolute Gasteiger partial charge is 0.507 e. The highest BCUT2D eigenvalue weighted by atomic mass is 19.4. The molecule has 2 aromatic rings. The number of hydrogen-bond acceptors (Lipinski definition) is 4. The molecule has 4 nitrogen and oxygen atoms in total. The van der Waals surface area contributed by atoms with Crippen LogP contribution < -0.4 is 4.74 Å². The highest BCUT2D eigenvalue weighted by Crippen LogP contribution is 2.42. The van der Waals surface area contributed by atoms with Crippen molar-refractivity contribution < 1.29 is 23.0 Å². The smallest absolute Gasteiger partial charge is 0.420 e. The molecular weight excluding hydrogens is 297 g/mol. The van der Waals surface area contributed by atoms with Gasteiger partial charge < -0.3 is 9.84 Å². The second-order valence-corrected chi connectivity index (χ2v) is 4.57. The van der Waals surface area contributed by atoms with Gasteiger partial charge in [-0.2, -0.15) is 18.4 Å². The summed E-state index contributed by atoms with van der Waals surface area (Å²) in [6, 6.07) is 6.36. The van der Waals surface area contributed by atoms with Crippen LogP contribution in [0.3, 0.4) is 0 Å². The van der Waals surface area contributed by atoms with E-state index in [1.54, 1.807) is 13.0 Å². The maximum absolute atomic E-state index is 13.0. The second kappa shape index (κ2) is 5.56. The quantitative estimate of drug-likeness (QED) is 0.919. The van der Waals surface area contributed by atoms with Crippen molar-refractivity contribution in [1.29, 1.82) is 5.26 Å². The molecule has 7 heteroatoms. The number of phenols is 1. The van der Waals surface area contributed by atoms with Crippen LogP contribution in [0.5, 0.6) is 11.6 Å². The second-order valence-electron chi connectivity index (χ2n) is 4.57. The fourth-order valence-corrected chi connectivity index (χ4v) is 2.03. The molecule has 0 atom stereocenters. The molecule has 114 valence electrons. The number of phenolic OH excluding ortho intramolecular Hbond substituents is 1. The van der Waals surface area contributed by atoms with Crippen LogP contribution in [-0.2, 0) is 6.18 Å². The molecule has 0 bridgehead atoms. The van der Waals surface area contributed by atoms with E-state index < -0.39 is 17.5 Å². The van der Waals surface area contributed by atoms with E-state index in [-0.39, 0.29) is 22.6 Å². The number of methoxy groups -OCH3 is 1. The molecule has 0 unspecified atom stereocenters. The van der Waals surface area contributed by atoms with Crippen molar-refractivity contribution in [3.63, 3.8) is 0 Å². The van der Waals surface area contributed by atoms with Gasteiger partial charge in [-0.3, -0.25) is 0 Å². The van der Waals surface area contributed by atoms with Crippen molar-refractivity contribution in [2.75, 3.05) is 7.11 Å². The number of nitrogens with zero attached hydrogens (tertiary/aromatic N) is 2. The number of aromatic hydroxyl groups is 1. The monoisotopic (exact) mass is 308 g/mol. The maximum atomic E-state index is 13.0. The Kier molecular flexibility index (Phi) is 3.95. The molecule has 1 heterocycles. The normalized spacial score (nSPS) is 11.1. The highest BCUT2D eigenvalue weighted by molar-refractivity contribution is 5.74. The number of benzene rings is 1. The number of alkyl halides is 3. The SMILES string of the molecule is COc1cc(-c2cc(C#N)cc(C(F)(F)F)c2O)cc(C)n1. The minimum atomic E-state index is -4.77. The summed E-state index contributed by atoms with van der Waals surface area (Å²) in [5, 5.41) is 18.9. The lowest BCUT2D eigenvalue weighted by atomic mass is 9.98. The molecule has 0 aliphatic heterocycles. The number of pyridine rings is 1. The van der Waals surface area contributed by atoms with Crippen molar-refractivity contribution in [3.05, 3.63) is 41.1 Å². The Morgan fingerprint density at radius 1 is 1.23 bits per heavy atom. The third kappa shape index (κ3) is 2.96. The molecule has 0 saturated heterocycles. The van der Waals surface area contributed by atoms with E-state index in [0.717, 1.165) is 0 Å². The molecule has 0 aliphatic carbocycles. The van der Waals surface area contributed by atoms with E-state index >= 15 is 0 Å². The van der Waals surface area contributed by atoms with Crippen LogP contribution >= 0.6 is 0 Å². The number of aryl methyl sites for hydroxylation is 1.